The van der Waals surface area contributed by atoms with Gasteiger partial charge in [0, 0.05) is 12.1 Å². The average molecular weight is 267 g/mol. The smallest absolute Gasteiger partial charge is 0.229 e. The van der Waals surface area contributed by atoms with Gasteiger partial charge in [-0.2, -0.15) is 4.98 Å². The fourth-order valence-corrected chi connectivity index (χ4v) is 1.84. The molecule has 0 aromatic carbocycles. The zero-order chi connectivity index (χ0) is 13.0. The Morgan fingerprint density at radius 3 is 3.06 bits per heavy atom. The Morgan fingerprint density at radius 1 is 1.50 bits per heavy atom. The molecule has 1 unspecified atom stereocenters. The molecule has 96 valence electrons. The van der Waals surface area contributed by atoms with Gasteiger partial charge < -0.3 is 10.3 Å². The van der Waals surface area contributed by atoms with Gasteiger partial charge in [0.05, 0.1) is 5.02 Å². The lowest BCUT2D eigenvalue weighted by atomic mass is 10.1. The van der Waals surface area contributed by atoms with Crippen molar-refractivity contribution in [3.05, 3.63) is 29.2 Å². The molecule has 2 aromatic heterocycles. The first-order valence-electron chi connectivity index (χ1n) is 5.87. The number of pyridine rings is 1. The lowest BCUT2D eigenvalue weighted by Crippen LogP contribution is -2.02. The van der Waals surface area contributed by atoms with Gasteiger partial charge in [-0.05, 0) is 31.5 Å². The van der Waals surface area contributed by atoms with Gasteiger partial charge >= 0.3 is 0 Å². The SMILES string of the molecule is CC(CCCN)c1nc(-c2ncccc2Cl)no1. The second-order valence-electron chi connectivity index (χ2n) is 4.12. The van der Waals surface area contributed by atoms with Crippen molar-refractivity contribution in [1.29, 1.82) is 0 Å². The third-order valence-electron chi connectivity index (χ3n) is 2.67. The van der Waals surface area contributed by atoms with Crippen molar-refractivity contribution in [2.24, 2.45) is 5.73 Å². The maximum absolute atomic E-state index is 6.03. The van der Waals surface area contributed by atoms with Crippen LogP contribution in [0.4, 0.5) is 0 Å². The quantitative estimate of drug-likeness (QED) is 0.900. The molecule has 1 atom stereocenters. The predicted octanol–water partition coefficient (Wildman–Crippen LogP) is 2.63. The van der Waals surface area contributed by atoms with Crippen LogP contribution < -0.4 is 5.73 Å². The summed E-state index contributed by atoms with van der Waals surface area (Å²) in [6, 6.07) is 3.51. The zero-order valence-corrected chi connectivity index (χ0v) is 10.9. The van der Waals surface area contributed by atoms with Crippen LogP contribution in [0.25, 0.3) is 11.5 Å². The van der Waals surface area contributed by atoms with Crippen LogP contribution in [0.15, 0.2) is 22.9 Å². The largest absolute Gasteiger partial charge is 0.339 e. The van der Waals surface area contributed by atoms with Gasteiger partial charge in [-0.25, -0.2) is 0 Å². The van der Waals surface area contributed by atoms with E-state index in [1.165, 1.54) is 0 Å². The maximum atomic E-state index is 6.03. The van der Waals surface area contributed by atoms with Gasteiger partial charge in [0.2, 0.25) is 11.7 Å². The van der Waals surface area contributed by atoms with Crippen molar-refractivity contribution in [3.8, 4) is 11.5 Å². The summed E-state index contributed by atoms with van der Waals surface area (Å²) in [6.45, 7) is 2.70. The Bertz CT molecular complexity index is 514. The van der Waals surface area contributed by atoms with E-state index >= 15 is 0 Å². The minimum Gasteiger partial charge on any atom is -0.339 e. The number of hydrogen-bond donors (Lipinski definition) is 1. The molecule has 0 spiro atoms. The molecule has 0 bridgehead atoms. The van der Waals surface area contributed by atoms with E-state index in [0.29, 0.717) is 29.0 Å². The highest BCUT2D eigenvalue weighted by molar-refractivity contribution is 6.32. The lowest BCUT2D eigenvalue weighted by molar-refractivity contribution is 0.352. The van der Waals surface area contributed by atoms with Crippen LogP contribution in [-0.2, 0) is 0 Å². The van der Waals surface area contributed by atoms with Crippen molar-refractivity contribution in [1.82, 2.24) is 15.1 Å². The summed E-state index contributed by atoms with van der Waals surface area (Å²) < 4.78 is 5.23. The number of nitrogens with two attached hydrogens (primary N) is 1. The molecule has 0 saturated carbocycles. The lowest BCUT2D eigenvalue weighted by Gasteiger charge is -2.03. The summed E-state index contributed by atoms with van der Waals surface area (Å²) in [4.78, 5) is 8.48. The molecule has 18 heavy (non-hydrogen) atoms. The van der Waals surface area contributed by atoms with Gasteiger partial charge in [0.25, 0.3) is 0 Å². The number of rotatable bonds is 5. The van der Waals surface area contributed by atoms with Gasteiger partial charge in [0.1, 0.15) is 5.69 Å². The summed E-state index contributed by atoms with van der Waals surface area (Å²) in [5.41, 5.74) is 6.02. The van der Waals surface area contributed by atoms with Gasteiger partial charge in [0.15, 0.2) is 0 Å². The Hall–Kier alpha value is -1.46. The number of hydrogen-bond acceptors (Lipinski definition) is 5. The van der Waals surface area contributed by atoms with Crippen molar-refractivity contribution in [2.75, 3.05) is 6.54 Å². The third kappa shape index (κ3) is 2.86. The summed E-state index contributed by atoms with van der Waals surface area (Å²) in [6.07, 6.45) is 3.51. The van der Waals surface area contributed by atoms with Crippen LogP contribution in [-0.4, -0.2) is 21.7 Å². The minimum absolute atomic E-state index is 0.192. The Kier molecular flexibility index (Phi) is 4.28. The number of halogens is 1. The molecule has 0 fully saturated rings. The molecule has 6 heteroatoms. The van der Waals surface area contributed by atoms with E-state index in [9.17, 15) is 0 Å². The monoisotopic (exact) mass is 266 g/mol. The van der Waals surface area contributed by atoms with E-state index in [1.807, 2.05) is 6.92 Å². The molecule has 0 amide bonds. The van der Waals surface area contributed by atoms with Crippen molar-refractivity contribution < 1.29 is 4.52 Å². The molecule has 2 rings (SSSR count). The van der Waals surface area contributed by atoms with Gasteiger partial charge in [-0.1, -0.05) is 23.7 Å². The highest BCUT2D eigenvalue weighted by Gasteiger charge is 2.16. The van der Waals surface area contributed by atoms with Crippen molar-refractivity contribution in [3.63, 3.8) is 0 Å². The second-order valence-corrected chi connectivity index (χ2v) is 4.53. The highest BCUT2D eigenvalue weighted by atomic mass is 35.5. The molecule has 2 heterocycles. The minimum atomic E-state index is 0.192. The van der Waals surface area contributed by atoms with Crippen LogP contribution >= 0.6 is 11.6 Å². The first kappa shape index (κ1) is 13.0. The van der Waals surface area contributed by atoms with E-state index in [1.54, 1.807) is 18.3 Å². The number of aromatic nitrogens is 3. The molecule has 5 nitrogen and oxygen atoms in total. The molecular formula is C12H15ClN4O. The van der Waals surface area contributed by atoms with E-state index in [0.717, 1.165) is 12.8 Å². The second kappa shape index (κ2) is 5.93. The first-order valence-corrected chi connectivity index (χ1v) is 6.24. The number of nitrogens with zero attached hydrogens (tertiary/aromatic N) is 3. The summed E-state index contributed by atoms with van der Waals surface area (Å²) in [7, 11) is 0. The normalized spacial score (nSPS) is 12.6. The highest BCUT2D eigenvalue weighted by Crippen LogP contribution is 2.25. The maximum Gasteiger partial charge on any atom is 0.229 e. The Balaban J connectivity index is 2.18. The topological polar surface area (TPSA) is 77.8 Å². The van der Waals surface area contributed by atoms with E-state index in [-0.39, 0.29) is 5.92 Å². The fourth-order valence-electron chi connectivity index (χ4n) is 1.63. The van der Waals surface area contributed by atoms with Crippen LogP contribution in [0, 0.1) is 0 Å². The average Bonchev–Trinajstić information content (AvgIpc) is 2.86. The summed E-state index contributed by atoms with van der Waals surface area (Å²) in [5, 5.41) is 4.43. The summed E-state index contributed by atoms with van der Waals surface area (Å²) >= 11 is 6.03. The molecule has 0 radical (unpaired) electrons. The predicted molar refractivity (Wildman–Crippen MR) is 69.2 cm³/mol. The van der Waals surface area contributed by atoms with Gasteiger partial charge in [-0.15, -0.1) is 0 Å². The first-order chi connectivity index (χ1) is 8.72. The molecule has 0 aliphatic carbocycles. The van der Waals surface area contributed by atoms with Crippen LogP contribution in [0.5, 0.6) is 0 Å². The molecule has 0 saturated heterocycles. The molecular weight excluding hydrogens is 252 g/mol. The van der Waals surface area contributed by atoms with Crippen LogP contribution in [0.1, 0.15) is 31.6 Å². The molecule has 2 N–H and O–H groups in total. The van der Waals surface area contributed by atoms with Crippen molar-refractivity contribution in [2.45, 2.75) is 25.7 Å². The molecule has 0 aliphatic heterocycles. The van der Waals surface area contributed by atoms with E-state index < -0.39 is 0 Å². The Morgan fingerprint density at radius 2 is 2.33 bits per heavy atom. The zero-order valence-electron chi connectivity index (χ0n) is 10.1. The van der Waals surface area contributed by atoms with Crippen LogP contribution in [0.2, 0.25) is 5.02 Å². The third-order valence-corrected chi connectivity index (χ3v) is 2.98. The molecule has 0 aliphatic rings. The standard InChI is InChI=1S/C12H15ClN4O/c1-8(4-2-6-14)12-16-11(17-18-12)10-9(13)5-3-7-15-10/h3,5,7-8H,2,4,6,14H2,1H3. The van der Waals surface area contributed by atoms with E-state index in [4.69, 9.17) is 21.9 Å². The van der Waals surface area contributed by atoms with Gasteiger partial charge in [-0.3, -0.25) is 4.98 Å². The summed E-state index contributed by atoms with van der Waals surface area (Å²) in [5.74, 6) is 1.22. The van der Waals surface area contributed by atoms with E-state index in [2.05, 4.69) is 15.1 Å². The fraction of sp³-hybridized carbons (Fsp3) is 0.417. The molecule has 2 aromatic rings. The Labute approximate surface area is 110 Å². The van der Waals surface area contributed by atoms with Crippen molar-refractivity contribution >= 4 is 11.6 Å². The van der Waals surface area contributed by atoms with Crippen LogP contribution in [0.3, 0.4) is 0 Å².